The number of carbonyl (C=O) groups is 1. The van der Waals surface area contributed by atoms with E-state index in [1.807, 2.05) is 12.1 Å². The molecule has 0 aliphatic carbocycles. The van der Waals surface area contributed by atoms with Gasteiger partial charge < -0.3 is 5.32 Å². The fourth-order valence-electron chi connectivity index (χ4n) is 3.06. The van der Waals surface area contributed by atoms with E-state index in [9.17, 15) is 9.59 Å². The van der Waals surface area contributed by atoms with Crippen LogP contribution in [0.25, 0.3) is 10.9 Å². The molecule has 5 nitrogen and oxygen atoms in total. The van der Waals surface area contributed by atoms with Crippen molar-refractivity contribution in [3.05, 3.63) is 98.0 Å². The van der Waals surface area contributed by atoms with E-state index in [4.69, 9.17) is 34.8 Å². The molecule has 4 rings (SSSR count). The van der Waals surface area contributed by atoms with E-state index in [-0.39, 0.29) is 17.2 Å². The Morgan fingerprint density at radius 2 is 1.75 bits per heavy atom. The Labute approximate surface area is 203 Å². The van der Waals surface area contributed by atoms with Gasteiger partial charge in [-0.3, -0.25) is 14.2 Å². The van der Waals surface area contributed by atoms with Crippen LogP contribution in [0.5, 0.6) is 0 Å². The summed E-state index contributed by atoms with van der Waals surface area (Å²) in [4.78, 5) is 30.7. The summed E-state index contributed by atoms with van der Waals surface area (Å²) >= 11 is 19.3. The van der Waals surface area contributed by atoms with Crippen LogP contribution in [0.4, 0.5) is 5.69 Å². The van der Waals surface area contributed by atoms with Crippen LogP contribution in [-0.4, -0.2) is 21.2 Å². The first-order valence-corrected chi connectivity index (χ1v) is 11.6. The number of rotatable bonds is 6. The van der Waals surface area contributed by atoms with Gasteiger partial charge in [-0.25, -0.2) is 4.98 Å². The number of hydrogen-bond acceptors (Lipinski definition) is 4. The Balaban J connectivity index is 1.50. The number of nitrogens with one attached hydrogen (secondary N) is 1. The largest absolute Gasteiger partial charge is 0.325 e. The molecule has 162 valence electrons. The molecule has 0 fully saturated rings. The topological polar surface area (TPSA) is 64.0 Å². The van der Waals surface area contributed by atoms with Crippen molar-refractivity contribution in [2.45, 2.75) is 11.4 Å². The van der Waals surface area contributed by atoms with Crippen LogP contribution in [0.15, 0.2) is 76.7 Å². The molecule has 1 aromatic heterocycles. The SMILES string of the molecule is O=C(CSc1ccc(Cl)cc1)Nc1ccc2ncn(Cc3ccc(Cl)c(Cl)c3)c(=O)c2c1. The first kappa shape index (κ1) is 22.7. The molecular formula is C23H16Cl3N3O2S. The number of carbonyl (C=O) groups excluding carboxylic acids is 1. The molecule has 1 N–H and O–H groups in total. The maximum atomic E-state index is 13.0. The molecule has 4 aromatic rings. The lowest BCUT2D eigenvalue weighted by atomic mass is 10.2. The first-order valence-electron chi connectivity index (χ1n) is 9.50. The smallest absolute Gasteiger partial charge is 0.261 e. The molecule has 0 bridgehead atoms. The average molecular weight is 505 g/mol. The Kier molecular flexibility index (Phi) is 7.06. The molecule has 0 saturated carbocycles. The summed E-state index contributed by atoms with van der Waals surface area (Å²) < 4.78 is 1.49. The molecule has 3 aromatic carbocycles. The van der Waals surface area contributed by atoms with Crippen molar-refractivity contribution in [1.29, 1.82) is 0 Å². The zero-order valence-electron chi connectivity index (χ0n) is 16.5. The molecule has 9 heteroatoms. The van der Waals surface area contributed by atoms with Crippen LogP contribution in [0.1, 0.15) is 5.56 Å². The summed E-state index contributed by atoms with van der Waals surface area (Å²) in [5.41, 5.74) is 1.69. The van der Waals surface area contributed by atoms with Gasteiger partial charge in [0.15, 0.2) is 0 Å². The van der Waals surface area contributed by atoms with Gasteiger partial charge in [0, 0.05) is 15.6 Å². The fourth-order valence-corrected chi connectivity index (χ4v) is 4.21. The molecule has 0 atom stereocenters. The zero-order valence-corrected chi connectivity index (χ0v) is 19.6. The lowest BCUT2D eigenvalue weighted by Crippen LogP contribution is -2.21. The molecule has 1 heterocycles. The monoisotopic (exact) mass is 503 g/mol. The predicted octanol–water partition coefficient (Wildman–Crippen LogP) is 6.14. The van der Waals surface area contributed by atoms with Crippen molar-refractivity contribution in [3.8, 4) is 0 Å². The van der Waals surface area contributed by atoms with E-state index in [1.54, 1.807) is 48.5 Å². The summed E-state index contributed by atoms with van der Waals surface area (Å²) in [6, 6.07) is 17.6. The average Bonchev–Trinajstić information content (AvgIpc) is 2.78. The quantitative estimate of drug-likeness (QED) is 0.321. The van der Waals surface area contributed by atoms with Crippen molar-refractivity contribution in [3.63, 3.8) is 0 Å². The van der Waals surface area contributed by atoms with E-state index in [1.165, 1.54) is 22.7 Å². The molecule has 1 amide bonds. The molecule has 0 aliphatic heterocycles. The second-order valence-electron chi connectivity index (χ2n) is 6.95. The Hall–Kier alpha value is -2.51. The van der Waals surface area contributed by atoms with Gasteiger partial charge in [-0.1, -0.05) is 40.9 Å². The highest BCUT2D eigenvalue weighted by atomic mass is 35.5. The maximum Gasteiger partial charge on any atom is 0.261 e. The standard InChI is InChI=1S/C23H16Cl3N3O2S/c24-15-2-5-17(6-3-15)32-12-22(30)28-16-4-8-21-18(10-16)23(31)29(13-27-21)11-14-1-7-19(25)20(26)9-14/h1-10,13H,11-12H2,(H,28,30). The molecule has 0 aliphatic rings. The van der Waals surface area contributed by atoms with Crippen LogP contribution in [0.3, 0.4) is 0 Å². The number of benzene rings is 3. The Morgan fingerprint density at radius 3 is 2.50 bits per heavy atom. The molecular weight excluding hydrogens is 489 g/mol. The normalized spacial score (nSPS) is 11.0. The van der Waals surface area contributed by atoms with Gasteiger partial charge in [-0.05, 0) is 60.2 Å². The van der Waals surface area contributed by atoms with Crippen molar-refractivity contribution in [2.24, 2.45) is 0 Å². The summed E-state index contributed by atoms with van der Waals surface area (Å²) in [6.45, 7) is 0.299. The number of aromatic nitrogens is 2. The number of hydrogen-bond donors (Lipinski definition) is 1. The minimum atomic E-state index is -0.215. The fraction of sp³-hybridized carbons (Fsp3) is 0.0870. The van der Waals surface area contributed by atoms with E-state index in [0.717, 1.165) is 10.5 Å². The van der Waals surface area contributed by atoms with Crippen LogP contribution in [-0.2, 0) is 11.3 Å². The maximum absolute atomic E-state index is 13.0. The van der Waals surface area contributed by atoms with Crippen molar-refractivity contribution in [2.75, 3.05) is 11.1 Å². The molecule has 0 saturated heterocycles. The third-order valence-corrected chi connectivity index (χ3v) is 6.63. The van der Waals surface area contributed by atoms with E-state index in [2.05, 4.69) is 10.3 Å². The lowest BCUT2D eigenvalue weighted by Gasteiger charge is -2.09. The highest BCUT2D eigenvalue weighted by Gasteiger charge is 2.09. The number of halogens is 3. The minimum absolute atomic E-state index is 0.177. The molecule has 32 heavy (non-hydrogen) atoms. The van der Waals surface area contributed by atoms with Gasteiger partial charge in [0.25, 0.3) is 5.56 Å². The van der Waals surface area contributed by atoms with Crippen molar-refractivity contribution in [1.82, 2.24) is 9.55 Å². The van der Waals surface area contributed by atoms with Gasteiger partial charge in [0.1, 0.15) is 0 Å². The summed E-state index contributed by atoms with van der Waals surface area (Å²) in [5, 5.41) is 4.77. The highest BCUT2D eigenvalue weighted by molar-refractivity contribution is 8.00. The van der Waals surface area contributed by atoms with Crippen LogP contribution in [0, 0.1) is 0 Å². The second kappa shape index (κ2) is 9.96. The number of fused-ring (bicyclic) bond motifs is 1. The first-order chi connectivity index (χ1) is 15.4. The number of nitrogens with zero attached hydrogens (tertiary/aromatic N) is 2. The van der Waals surface area contributed by atoms with Gasteiger partial charge in [0.05, 0.1) is 39.6 Å². The number of thioether (sulfide) groups is 1. The third-order valence-electron chi connectivity index (χ3n) is 4.63. The molecule has 0 radical (unpaired) electrons. The van der Waals surface area contributed by atoms with Crippen LogP contribution < -0.4 is 10.9 Å². The highest BCUT2D eigenvalue weighted by Crippen LogP contribution is 2.23. The lowest BCUT2D eigenvalue weighted by molar-refractivity contribution is -0.113. The summed E-state index contributed by atoms with van der Waals surface area (Å²) in [5.74, 6) is 0.0539. The predicted molar refractivity (Wildman–Crippen MR) is 132 cm³/mol. The molecule has 0 spiro atoms. The van der Waals surface area contributed by atoms with E-state index in [0.29, 0.717) is 38.2 Å². The zero-order chi connectivity index (χ0) is 22.7. The van der Waals surface area contributed by atoms with E-state index < -0.39 is 0 Å². The summed E-state index contributed by atoms with van der Waals surface area (Å²) in [7, 11) is 0. The van der Waals surface area contributed by atoms with Gasteiger partial charge >= 0.3 is 0 Å². The van der Waals surface area contributed by atoms with Crippen molar-refractivity contribution >= 4 is 69.1 Å². The van der Waals surface area contributed by atoms with Crippen molar-refractivity contribution < 1.29 is 4.79 Å². The molecule has 0 unspecified atom stereocenters. The Morgan fingerprint density at radius 1 is 0.969 bits per heavy atom. The summed E-state index contributed by atoms with van der Waals surface area (Å²) in [6.07, 6.45) is 1.49. The van der Waals surface area contributed by atoms with Gasteiger partial charge in [0.2, 0.25) is 5.91 Å². The van der Waals surface area contributed by atoms with Gasteiger partial charge in [-0.2, -0.15) is 0 Å². The van der Waals surface area contributed by atoms with Gasteiger partial charge in [-0.15, -0.1) is 11.8 Å². The number of amides is 1. The Bertz CT molecular complexity index is 1360. The van der Waals surface area contributed by atoms with E-state index >= 15 is 0 Å². The number of anilines is 1. The third kappa shape index (κ3) is 5.45. The second-order valence-corrected chi connectivity index (χ2v) is 9.25. The minimum Gasteiger partial charge on any atom is -0.325 e. The van der Waals surface area contributed by atoms with Crippen LogP contribution >= 0.6 is 46.6 Å². The van der Waals surface area contributed by atoms with Crippen LogP contribution in [0.2, 0.25) is 15.1 Å².